The van der Waals surface area contributed by atoms with Crippen LogP contribution in [0.1, 0.15) is 15.9 Å². The average molecular weight is 378 g/mol. The van der Waals surface area contributed by atoms with Gasteiger partial charge in [-0.15, -0.1) is 0 Å². The van der Waals surface area contributed by atoms with Crippen LogP contribution in [0.2, 0.25) is 0 Å². The second kappa shape index (κ2) is 7.61. The number of thioether (sulfide) groups is 1. The van der Waals surface area contributed by atoms with E-state index in [1.54, 1.807) is 35.4 Å². The van der Waals surface area contributed by atoms with Crippen molar-refractivity contribution in [1.82, 2.24) is 20.1 Å². The third kappa shape index (κ3) is 4.63. The zero-order chi connectivity index (χ0) is 18.6. The summed E-state index contributed by atoms with van der Waals surface area (Å²) in [5.41, 5.74) is -3.32. The fraction of sp³-hybridized carbons (Fsp3) is 0.118. The molecule has 0 bridgehead atoms. The maximum atomic E-state index is 12.3. The Bertz CT molecular complexity index is 880. The molecule has 0 aliphatic carbocycles. The maximum absolute atomic E-state index is 12.3. The first-order chi connectivity index (χ1) is 12.4. The molecule has 0 saturated heterocycles. The Morgan fingerprint density at radius 1 is 1.12 bits per heavy atom. The van der Waals surface area contributed by atoms with E-state index in [2.05, 4.69) is 15.4 Å². The number of nitrogens with zero attached hydrogens (tertiary/aromatic N) is 3. The minimum Gasteiger partial charge on any atom is -0.348 e. The second-order valence-electron chi connectivity index (χ2n) is 5.19. The monoisotopic (exact) mass is 378 g/mol. The smallest absolute Gasteiger partial charge is 0.348 e. The lowest BCUT2D eigenvalue weighted by molar-refractivity contribution is -0.0328. The SMILES string of the molecule is O=C(NCc1cccnc1-n1cccn1)c1ccc(SC(F)(F)F)cc1. The van der Waals surface area contributed by atoms with Gasteiger partial charge < -0.3 is 5.32 Å². The number of alkyl halides is 3. The molecule has 2 aromatic heterocycles. The first-order valence-electron chi connectivity index (χ1n) is 7.50. The summed E-state index contributed by atoms with van der Waals surface area (Å²) in [4.78, 5) is 16.5. The number of pyridine rings is 1. The summed E-state index contributed by atoms with van der Waals surface area (Å²) in [6.45, 7) is 0.209. The van der Waals surface area contributed by atoms with E-state index in [9.17, 15) is 18.0 Å². The molecule has 1 aromatic carbocycles. The van der Waals surface area contributed by atoms with Crippen LogP contribution < -0.4 is 5.32 Å². The Morgan fingerprint density at radius 3 is 2.54 bits per heavy atom. The molecule has 0 aliphatic rings. The van der Waals surface area contributed by atoms with Gasteiger partial charge in [-0.25, -0.2) is 9.67 Å². The Kier molecular flexibility index (Phi) is 5.27. The van der Waals surface area contributed by atoms with Crippen LogP contribution in [-0.4, -0.2) is 26.2 Å². The van der Waals surface area contributed by atoms with Crippen molar-refractivity contribution in [2.24, 2.45) is 0 Å². The van der Waals surface area contributed by atoms with Gasteiger partial charge in [0.2, 0.25) is 0 Å². The molecule has 26 heavy (non-hydrogen) atoms. The molecule has 0 aliphatic heterocycles. The van der Waals surface area contributed by atoms with Crippen molar-refractivity contribution >= 4 is 17.7 Å². The summed E-state index contributed by atoms with van der Waals surface area (Å²) < 4.78 is 38.6. The molecular weight excluding hydrogens is 365 g/mol. The molecule has 1 amide bonds. The van der Waals surface area contributed by atoms with Crippen molar-refractivity contribution in [3.63, 3.8) is 0 Å². The molecule has 0 saturated carbocycles. The summed E-state index contributed by atoms with van der Waals surface area (Å²) in [6.07, 6.45) is 4.99. The molecule has 0 spiro atoms. The van der Waals surface area contributed by atoms with Gasteiger partial charge in [-0.3, -0.25) is 4.79 Å². The van der Waals surface area contributed by atoms with E-state index in [0.29, 0.717) is 5.82 Å². The largest absolute Gasteiger partial charge is 0.446 e. The number of carbonyl (C=O) groups is 1. The predicted octanol–water partition coefficient (Wildman–Crippen LogP) is 3.81. The summed E-state index contributed by atoms with van der Waals surface area (Å²) >= 11 is -0.218. The van der Waals surface area contributed by atoms with Crippen LogP contribution in [-0.2, 0) is 6.54 Å². The van der Waals surface area contributed by atoms with Crippen LogP contribution in [0.15, 0.2) is 66.0 Å². The van der Waals surface area contributed by atoms with Gasteiger partial charge in [-0.05, 0) is 48.2 Å². The van der Waals surface area contributed by atoms with Crippen molar-refractivity contribution in [3.05, 3.63) is 72.2 Å². The van der Waals surface area contributed by atoms with Gasteiger partial charge in [0.15, 0.2) is 5.82 Å². The quantitative estimate of drug-likeness (QED) is 0.686. The number of nitrogens with one attached hydrogen (secondary N) is 1. The number of halogens is 3. The highest BCUT2D eigenvalue weighted by Crippen LogP contribution is 2.36. The molecule has 0 unspecified atom stereocenters. The van der Waals surface area contributed by atoms with Crippen LogP contribution in [0, 0.1) is 0 Å². The van der Waals surface area contributed by atoms with Gasteiger partial charge in [0.25, 0.3) is 5.91 Å². The van der Waals surface area contributed by atoms with Crippen molar-refractivity contribution < 1.29 is 18.0 Å². The van der Waals surface area contributed by atoms with Crippen LogP contribution in [0.3, 0.4) is 0 Å². The van der Waals surface area contributed by atoms with E-state index in [-0.39, 0.29) is 34.7 Å². The Balaban J connectivity index is 1.66. The van der Waals surface area contributed by atoms with E-state index >= 15 is 0 Å². The van der Waals surface area contributed by atoms with E-state index in [4.69, 9.17) is 0 Å². The fourth-order valence-corrected chi connectivity index (χ4v) is 2.79. The first-order valence-corrected chi connectivity index (χ1v) is 8.32. The molecule has 5 nitrogen and oxygen atoms in total. The highest BCUT2D eigenvalue weighted by molar-refractivity contribution is 8.00. The molecule has 3 aromatic rings. The zero-order valence-electron chi connectivity index (χ0n) is 13.3. The first kappa shape index (κ1) is 18.0. The minimum atomic E-state index is -4.35. The van der Waals surface area contributed by atoms with Crippen LogP contribution >= 0.6 is 11.8 Å². The molecular formula is C17H13F3N4OS. The average Bonchev–Trinajstić information content (AvgIpc) is 3.13. The summed E-state index contributed by atoms with van der Waals surface area (Å²) in [7, 11) is 0. The summed E-state index contributed by atoms with van der Waals surface area (Å²) in [5.74, 6) is 0.207. The number of aromatic nitrogens is 3. The topological polar surface area (TPSA) is 59.8 Å². The number of amides is 1. The molecule has 0 atom stereocenters. The van der Waals surface area contributed by atoms with Crippen LogP contribution in [0.5, 0.6) is 0 Å². The van der Waals surface area contributed by atoms with Gasteiger partial charge >= 0.3 is 5.51 Å². The van der Waals surface area contributed by atoms with Gasteiger partial charge in [0.05, 0.1) is 0 Å². The number of hydrogen-bond acceptors (Lipinski definition) is 4. The Morgan fingerprint density at radius 2 is 1.88 bits per heavy atom. The van der Waals surface area contributed by atoms with Crippen LogP contribution in [0.4, 0.5) is 13.2 Å². The normalized spacial score (nSPS) is 11.3. The number of hydrogen-bond donors (Lipinski definition) is 1. The van der Waals surface area contributed by atoms with E-state index in [0.717, 1.165) is 5.56 Å². The third-order valence-electron chi connectivity index (χ3n) is 3.38. The lowest BCUT2D eigenvalue weighted by Crippen LogP contribution is -2.23. The molecule has 0 radical (unpaired) electrons. The molecule has 0 fully saturated rings. The molecule has 2 heterocycles. The highest BCUT2D eigenvalue weighted by atomic mass is 32.2. The van der Waals surface area contributed by atoms with Crippen molar-refractivity contribution in [2.45, 2.75) is 16.9 Å². The van der Waals surface area contributed by atoms with Gasteiger partial charge in [0.1, 0.15) is 0 Å². The molecule has 1 N–H and O–H groups in total. The van der Waals surface area contributed by atoms with E-state index in [1.165, 1.54) is 24.3 Å². The Hall–Kier alpha value is -2.81. The summed E-state index contributed by atoms with van der Waals surface area (Å²) in [6, 6.07) is 10.6. The zero-order valence-corrected chi connectivity index (χ0v) is 14.1. The van der Waals surface area contributed by atoms with Crippen molar-refractivity contribution in [3.8, 4) is 5.82 Å². The fourth-order valence-electron chi connectivity index (χ4n) is 2.25. The number of rotatable bonds is 5. The Labute approximate surface area is 151 Å². The van der Waals surface area contributed by atoms with Crippen molar-refractivity contribution in [2.75, 3.05) is 0 Å². The number of benzene rings is 1. The van der Waals surface area contributed by atoms with E-state index < -0.39 is 5.51 Å². The minimum absolute atomic E-state index is 0.0299. The number of carbonyl (C=O) groups excluding carboxylic acids is 1. The van der Waals surface area contributed by atoms with Crippen LogP contribution in [0.25, 0.3) is 5.82 Å². The van der Waals surface area contributed by atoms with Gasteiger partial charge in [-0.2, -0.15) is 18.3 Å². The third-order valence-corrected chi connectivity index (χ3v) is 4.12. The van der Waals surface area contributed by atoms with Gasteiger partial charge in [0, 0.05) is 41.2 Å². The van der Waals surface area contributed by atoms with Crippen molar-refractivity contribution in [1.29, 1.82) is 0 Å². The summed E-state index contributed by atoms with van der Waals surface area (Å²) in [5, 5.41) is 6.85. The molecule has 134 valence electrons. The highest BCUT2D eigenvalue weighted by Gasteiger charge is 2.29. The second-order valence-corrected chi connectivity index (χ2v) is 6.33. The standard InChI is InChI=1S/C17H13F3N4OS/c18-17(19,20)26-14-6-4-12(5-7-14)16(25)22-11-13-3-1-8-21-15(13)24-10-2-9-23-24/h1-10H,11H2,(H,22,25). The van der Waals surface area contributed by atoms with E-state index in [1.807, 2.05) is 6.07 Å². The van der Waals surface area contributed by atoms with Gasteiger partial charge in [-0.1, -0.05) is 6.07 Å². The predicted molar refractivity (Wildman–Crippen MR) is 90.9 cm³/mol. The lowest BCUT2D eigenvalue weighted by Gasteiger charge is -2.10. The molecule has 3 rings (SSSR count). The lowest BCUT2D eigenvalue weighted by atomic mass is 10.2. The molecule has 9 heteroatoms. The maximum Gasteiger partial charge on any atom is 0.446 e.